The van der Waals surface area contributed by atoms with E-state index < -0.39 is 0 Å². The normalized spacial score (nSPS) is 15.2. The summed E-state index contributed by atoms with van der Waals surface area (Å²) < 4.78 is 5.18. The number of H-pyrrole nitrogens is 1. The Hall–Kier alpha value is -3.23. The number of imide groups is 1. The number of nitrogens with zero attached hydrogens (tertiary/aromatic N) is 1. The third-order valence-electron chi connectivity index (χ3n) is 4.74. The summed E-state index contributed by atoms with van der Waals surface area (Å²) in [5, 5.41) is 3.84. The van der Waals surface area contributed by atoms with Crippen LogP contribution in [0.15, 0.2) is 53.4 Å². The number of nitrogens with one attached hydrogen (secondary N) is 2. The zero-order valence-corrected chi connectivity index (χ0v) is 18.0. The SMILES string of the molecule is COc1ccc2cc(C(=O)NCCN3C(=O)S/C(=C\c4ccc(Cl)cc4)C3=O)[nH]c2c1. The zero-order chi connectivity index (χ0) is 22.0. The van der Waals surface area contributed by atoms with E-state index in [1.54, 1.807) is 49.6 Å². The van der Waals surface area contributed by atoms with Gasteiger partial charge in [0.1, 0.15) is 11.4 Å². The average Bonchev–Trinajstić information content (AvgIpc) is 3.30. The van der Waals surface area contributed by atoms with Gasteiger partial charge in [0.25, 0.3) is 17.1 Å². The molecule has 0 aliphatic carbocycles. The standard InChI is InChI=1S/C22H18ClN3O4S/c1-30-16-7-4-14-11-18(25-17(14)12-16)20(27)24-8-9-26-21(28)19(31-22(26)29)10-13-2-5-15(23)6-3-13/h2-7,10-12,25H,8-9H2,1H3,(H,24,27)/b19-10-. The topological polar surface area (TPSA) is 91.5 Å². The van der Waals surface area contributed by atoms with Crippen LogP contribution in [-0.2, 0) is 4.79 Å². The highest BCUT2D eigenvalue weighted by Gasteiger charge is 2.34. The quantitative estimate of drug-likeness (QED) is 0.541. The van der Waals surface area contributed by atoms with Crippen LogP contribution in [0.2, 0.25) is 5.02 Å². The van der Waals surface area contributed by atoms with Gasteiger partial charge in [-0.1, -0.05) is 23.7 Å². The zero-order valence-electron chi connectivity index (χ0n) is 16.5. The van der Waals surface area contributed by atoms with Crippen LogP contribution in [0.4, 0.5) is 4.79 Å². The van der Waals surface area contributed by atoms with E-state index in [0.717, 1.165) is 33.1 Å². The van der Waals surface area contributed by atoms with Gasteiger partial charge in [0.15, 0.2) is 0 Å². The minimum atomic E-state index is -0.378. The van der Waals surface area contributed by atoms with Gasteiger partial charge in [-0.2, -0.15) is 0 Å². The Morgan fingerprint density at radius 3 is 2.71 bits per heavy atom. The lowest BCUT2D eigenvalue weighted by Crippen LogP contribution is -2.37. The Morgan fingerprint density at radius 1 is 1.19 bits per heavy atom. The summed E-state index contributed by atoms with van der Waals surface area (Å²) in [4.78, 5) is 41.8. The minimum absolute atomic E-state index is 0.0857. The van der Waals surface area contributed by atoms with Gasteiger partial charge in [-0.25, -0.2) is 0 Å². The summed E-state index contributed by atoms with van der Waals surface area (Å²) in [5.74, 6) is -0.0110. The maximum Gasteiger partial charge on any atom is 0.293 e. The average molecular weight is 456 g/mol. The van der Waals surface area contributed by atoms with Gasteiger partial charge in [0.05, 0.1) is 12.0 Å². The van der Waals surface area contributed by atoms with E-state index >= 15 is 0 Å². The summed E-state index contributed by atoms with van der Waals surface area (Å²) in [5.41, 5.74) is 1.95. The number of aromatic nitrogens is 1. The molecule has 1 aliphatic rings. The summed E-state index contributed by atoms with van der Waals surface area (Å²) in [6, 6.07) is 14.2. The predicted octanol–water partition coefficient (Wildman–Crippen LogP) is 4.30. The van der Waals surface area contributed by atoms with Gasteiger partial charge in [0.2, 0.25) is 0 Å². The predicted molar refractivity (Wildman–Crippen MR) is 121 cm³/mol. The fourth-order valence-electron chi connectivity index (χ4n) is 3.14. The molecule has 1 aliphatic heterocycles. The number of rotatable bonds is 6. The molecule has 158 valence electrons. The van der Waals surface area contributed by atoms with Crippen LogP contribution in [0.5, 0.6) is 5.75 Å². The van der Waals surface area contributed by atoms with E-state index in [-0.39, 0.29) is 30.1 Å². The molecule has 0 saturated carbocycles. The van der Waals surface area contributed by atoms with Crippen molar-refractivity contribution < 1.29 is 19.1 Å². The second kappa shape index (κ2) is 8.87. The van der Waals surface area contributed by atoms with Crippen LogP contribution in [0.3, 0.4) is 0 Å². The molecule has 9 heteroatoms. The van der Waals surface area contributed by atoms with Crippen LogP contribution >= 0.6 is 23.4 Å². The molecule has 1 saturated heterocycles. The first-order valence-corrected chi connectivity index (χ1v) is 10.6. The van der Waals surface area contributed by atoms with Crippen molar-refractivity contribution >= 4 is 57.4 Å². The molecule has 3 aromatic rings. The van der Waals surface area contributed by atoms with Crippen molar-refractivity contribution in [3.63, 3.8) is 0 Å². The van der Waals surface area contributed by atoms with Crippen molar-refractivity contribution in [3.05, 3.63) is 69.7 Å². The van der Waals surface area contributed by atoms with Gasteiger partial charge >= 0.3 is 0 Å². The van der Waals surface area contributed by atoms with Crippen LogP contribution < -0.4 is 10.1 Å². The third-order valence-corrected chi connectivity index (χ3v) is 5.90. The second-order valence-electron chi connectivity index (χ2n) is 6.78. The molecule has 1 fully saturated rings. The fraction of sp³-hybridized carbons (Fsp3) is 0.136. The van der Waals surface area contributed by atoms with E-state index in [2.05, 4.69) is 10.3 Å². The lowest BCUT2D eigenvalue weighted by Gasteiger charge is -2.12. The molecule has 1 aromatic heterocycles. The fourth-order valence-corrected chi connectivity index (χ4v) is 4.13. The summed E-state index contributed by atoms with van der Waals surface area (Å²) in [7, 11) is 1.58. The number of carbonyl (C=O) groups excluding carboxylic acids is 3. The third kappa shape index (κ3) is 4.60. The minimum Gasteiger partial charge on any atom is -0.497 e. The second-order valence-corrected chi connectivity index (χ2v) is 8.21. The van der Waals surface area contributed by atoms with E-state index in [0.29, 0.717) is 21.4 Å². The number of benzene rings is 2. The molecule has 4 rings (SSSR count). The Kier molecular flexibility index (Phi) is 6.01. The number of methoxy groups -OCH3 is 1. The first kappa shape index (κ1) is 21.0. The summed E-state index contributed by atoms with van der Waals surface area (Å²) in [6.45, 7) is 0.228. The highest BCUT2D eigenvalue weighted by atomic mass is 35.5. The Morgan fingerprint density at radius 2 is 1.97 bits per heavy atom. The van der Waals surface area contributed by atoms with Gasteiger partial charge < -0.3 is 15.0 Å². The lowest BCUT2D eigenvalue weighted by molar-refractivity contribution is -0.122. The molecule has 0 spiro atoms. The maximum absolute atomic E-state index is 12.6. The highest BCUT2D eigenvalue weighted by molar-refractivity contribution is 8.18. The molecule has 0 bridgehead atoms. The van der Waals surface area contributed by atoms with Crippen LogP contribution in [0.25, 0.3) is 17.0 Å². The summed E-state index contributed by atoms with van der Waals surface area (Å²) in [6.07, 6.45) is 1.65. The number of thioether (sulfide) groups is 1. The van der Waals surface area contributed by atoms with E-state index in [4.69, 9.17) is 16.3 Å². The van der Waals surface area contributed by atoms with Crippen molar-refractivity contribution in [1.82, 2.24) is 15.2 Å². The van der Waals surface area contributed by atoms with E-state index in [9.17, 15) is 14.4 Å². The molecule has 7 nitrogen and oxygen atoms in total. The van der Waals surface area contributed by atoms with Gasteiger partial charge in [-0.3, -0.25) is 19.3 Å². The number of carbonyl (C=O) groups is 3. The van der Waals surface area contributed by atoms with Gasteiger partial charge in [0, 0.05) is 35.1 Å². The number of aromatic amines is 1. The first-order valence-electron chi connectivity index (χ1n) is 9.40. The number of amides is 3. The Bertz CT molecular complexity index is 1200. The molecule has 3 amide bonds. The molecule has 0 unspecified atom stereocenters. The molecule has 0 atom stereocenters. The monoisotopic (exact) mass is 455 g/mol. The maximum atomic E-state index is 12.6. The van der Waals surface area contributed by atoms with Crippen molar-refractivity contribution in [3.8, 4) is 5.75 Å². The molecule has 2 heterocycles. The molecule has 2 N–H and O–H groups in total. The number of fused-ring (bicyclic) bond motifs is 1. The molecule has 2 aromatic carbocycles. The molecule has 0 radical (unpaired) electrons. The Balaban J connectivity index is 1.36. The van der Waals surface area contributed by atoms with Gasteiger partial charge in [-0.15, -0.1) is 0 Å². The number of halogens is 1. The highest BCUT2D eigenvalue weighted by Crippen LogP contribution is 2.32. The molecule has 31 heavy (non-hydrogen) atoms. The smallest absolute Gasteiger partial charge is 0.293 e. The largest absolute Gasteiger partial charge is 0.497 e. The van der Waals surface area contributed by atoms with E-state index in [1.165, 1.54) is 0 Å². The lowest BCUT2D eigenvalue weighted by atomic mass is 10.2. The van der Waals surface area contributed by atoms with Crippen LogP contribution in [-0.4, -0.2) is 47.1 Å². The van der Waals surface area contributed by atoms with Gasteiger partial charge in [-0.05, 0) is 53.7 Å². The van der Waals surface area contributed by atoms with Crippen molar-refractivity contribution in [2.45, 2.75) is 0 Å². The van der Waals surface area contributed by atoms with Crippen LogP contribution in [0, 0.1) is 0 Å². The number of ether oxygens (including phenoxy) is 1. The molecular weight excluding hydrogens is 438 g/mol. The van der Waals surface area contributed by atoms with E-state index in [1.807, 2.05) is 12.1 Å². The summed E-state index contributed by atoms with van der Waals surface area (Å²) >= 11 is 6.75. The number of hydrogen-bond acceptors (Lipinski definition) is 5. The van der Waals surface area contributed by atoms with Crippen molar-refractivity contribution in [2.75, 3.05) is 20.2 Å². The van der Waals surface area contributed by atoms with Crippen molar-refractivity contribution in [2.24, 2.45) is 0 Å². The van der Waals surface area contributed by atoms with Crippen LogP contribution in [0.1, 0.15) is 16.1 Å². The Labute approximate surface area is 187 Å². The first-order chi connectivity index (χ1) is 14.9. The van der Waals surface area contributed by atoms with Crippen molar-refractivity contribution in [1.29, 1.82) is 0 Å². The molecular formula is C22H18ClN3O4S. The number of hydrogen-bond donors (Lipinski definition) is 2.